The molecule has 2 amide bonds. The monoisotopic (exact) mass is 461 g/mol. The van der Waals surface area contributed by atoms with Crippen LogP contribution in [0.5, 0.6) is 0 Å². The Labute approximate surface area is 199 Å². The van der Waals surface area contributed by atoms with E-state index in [4.69, 9.17) is 5.11 Å². The molecular weight excluding hydrogens is 430 g/mol. The number of aryl methyl sites for hydroxylation is 2. The summed E-state index contributed by atoms with van der Waals surface area (Å²) >= 11 is 0. The van der Waals surface area contributed by atoms with Crippen LogP contribution < -0.4 is 4.90 Å². The molecule has 178 valence electrons. The van der Waals surface area contributed by atoms with Crippen LogP contribution in [-0.2, 0) is 29.6 Å². The molecule has 0 spiro atoms. The molecule has 0 saturated heterocycles. The molecule has 0 unspecified atom stereocenters. The molecule has 1 aromatic heterocycles. The average molecular weight is 462 g/mol. The minimum Gasteiger partial charge on any atom is -0.481 e. The van der Waals surface area contributed by atoms with Crippen LogP contribution in [0.4, 0.5) is 5.69 Å². The van der Waals surface area contributed by atoms with Crippen molar-refractivity contribution >= 4 is 34.4 Å². The topological polar surface area (TPSA) is 82.8 Å². The van der Waals surface area contributed by atoms with Crippen LogP contribution in [-0.4, -0.2) is 45.4 Å². The fourth-order valence-electron chi connectivity index (χ4n) is 4.57. The summed E-state index contributed by atoms with van der Waals surface area (Å²) in [4.78, 5) is 40.8. The van der Waals surface area contributed by atoms with Crippen LogP contribution in [0.2, 0.25) is 0 Å². The normalized spacial score (nSPS) is 14.1. The van der Waals surface area contributed by atoms with Gasteiger partial charge in [-0.25, -0.2) is 0 Å². The van der Waals surface area contributed by atoms with Crippen LogP contribution in [0.25, 0.3) is 10.9 Å². The van der Waals surface area contributed by atoms with Crippen LogP contribution in [0, 0.1) is 5.92 Å². The fraction of sp³-hybridized carbons (Fsp3) is 0.370. The lowest BCUT2D eigenvalue weighted by molar-refractivity contribution is -0.137. The molecule has 1 aliphatic rings. The van der Waals surface area contributed by atoms with Gasteiger partial charge in [-0.1, -0.05) is 38.1 Å². The zero-order valence-corrected chi connectivity index (χ0v) is 20.0. The van der Waals surface area contributed by atoms with Gasteiger partial charge in [-0.15, -0.1) is 0 Å². The van der Waals surface area contributed by atoms with Crippen molar-refractivity contribution in [2.24, 2.45) is 13.0 Å². The second-order valence-corrected chi connectivity index (χ2v) is 9.42. The fourth-order valence-corrected chi connectivity index (χ4v) is 4.57. The van der Waals surface area contributed by atoms with Crippen LogP contribution >= 0.6 is 0 Å². The summed E-state index contributed by atoms with van der Waals surface area (Å²) in [5.41, 5.74) is 4.36. The van der Waals surface area contributed by atoms with E-state index in [1.54, 1.807) is 0 Å². The van der Waals surface area contributed by atoms with E-state index in [0.717, 1.165) is 39.8 Å². The van der Waals surface area contributed by atoms with Gasteiger partial charge < -0.3 is 14.6 Å². The molecule has 4 rings (SSSR count). The van der Waals surface area contributed by atoms with Gasteiger partial charge in [-0.3, -0.25) is 19.3 Å². The number of carboxylic acid groups (broad SMARTS) is 1. The van der Waals surface area contributed by atoms with Gasteiger partial charge in [0.1, 0.15) is 0 Å². The summed E-state index contributed by atoms with van der Waals surface area (Å²) in [5, 5.41) is 10.2. The number of anilines is 1. The molecule has 0 bridgehead atoms. The number of para-hydroxylation sites is 1. The average Bonchev–Trinajstić information content (AvgIpc) is 3.07. The SMILES string of the molecule is CC(C)CCc1ccc2c(c1)C(=O)N(CCC(=O)O)C(=O)CN2Cc1cn(C)c2ccccc12. The van der Waals surface area contributed by atoms with Crippen molar-refractivity contribution in [1.82, 2.24) is 9.47 Å². The van der Waals surface area contributed by atoms with Crippen molar-refractivity contribution in [2.45, 2.75) is 39.7 Å². The van der Waals surface area contributed by atoms with Gasteiger partial charge in [0.05, 0.1) is 24.2 Å². The molecule has 1 N–H and O–H groups in total. The smallest absolute Gasteiger partial charge is 0.305 e. The zero-order valence-electron chi connectivity index (χ0n) is 20.0. The van der Waals surface area contributed by atoms with E-state index in [9.17, 15) is 14.4 Å². The maximum atomic E-state index is 13.4. The second-order valence-electron chi connectivity index (χ2n) is 9.42. The molecule has 0 fully saturated rings. The predicted molar refractivity (Wildman–Crippen MR) is 132 cm³/mol. The lowest BCUT2D eigenvalue weighted by Gasteiger charge is -2.24. The second kappa shape index (κ2) is 9.71. The quantitative estimate of drug-likeness (QED) is 0.508. The van der Waals surface area contributed by atoms with E-state index in [1.165, 1.54) is 0 Å². The van der Waals surface area contributed by atoms with Crippen molar-refractivity contribution in [3.63, 3.8) is 0 Å². The van der Waals surface area contributed by atoms with Crippen molar-refractivity contribution in [3.05, 3.63) is 65.4 Å². The number of aromatic nitrogens is 1. The number of hydrogen-bond donors (Lipinski definition) is 1. The molecule has 2 aromatic carbocycles. The molecule has 0 radical (unpaired) electrons. The first-order valence-corrected chi connectivity index (χ1v) is 11.7. The summed E-state index contributed by atoms with van der Waals surface area (Å²) in [6, 6.07) is 13.9. The van der Waals surface area contributed by atoms with Gasteiger partial charge in [0, 0.05) is 37.2 Å². The summed E-state index contributed by atoms with van der Waals surface area (Å²) < 4.78 is 2.06. The predicted octanol–water partition coefficient (Wildman–Crippen LogP) is 4.23. The first-order chi connectivity index (χ1) is 16.2. The summed E-state index contributed by atoms with van der Waals surface area (Å²) in [5.74, 6) is -1.31. The first kappa shape index (κ1) is 23.5. The molecule has 2 heterocycles. The standard InChI is InChI=1S/C27H31N3O4/c1-18(2)8-9-19-10-11-24-22(14-19)27(34)30(13-12-26(32)33)25(31)17-29(24)16-20-15-28(3)23-7-5-4-6-21(20)23/h4-7,10-11,14-15,18H,8-9,12-13,16-17H2,1-3H3,(H,32,33). The maximum absolute atomic E-state index is 13.4. The van der Waals surface area contributed by atoms with Crippen LogP contribution in [0.15, 0.2) is 48.7 Å². The van der Waals surface area contributed by atoms with E-state index in [2.05, 4.69) is 36.7 Å². The summed E-state index contributed by atoms with van der Waals surface area (Å²) in [6.07, 6.45) is 3.61. The van der Waals surface area contributed by atoms with Crippen LogP contribution in [0.1, 0.15) is 48.2 Å². The highest BCUT2D eigenvalue weighted by Gasteiger charge is 2.33. The summed E-state index contributed by atoms with van der Waals surface area (Å²) in [6.45, 7) is 4.66. The lowest BCUT2D eigenvalue weighted by atomic mass is 9.99. The van der Waals surface area contributed by atoms with Gasteiger partial charge in [0.2, 0.25) is 5.91 Å². The Kier molecular flexibility index (Phi) is 6.72. The molecule has 0 atom stereocenters. The molecule has 0 saturated carbocycles. The van der Waals surface area contributed by atoms with Crippen molar-refractivity contribution in [1.29, 1.82) is 0 Å². The van der Waals surface area contributed by atoms with Crippen molar-refractivity contribution in [2.75, 3.05) is 18.0 Å². The molecular formula is C27H31N3O4. The Morgan fingerprint density at radius 1 is 1.12 bits per heavy atom. The van der Waals surface area contributed by atoms with Crippen molar-refractivity contribution < 1.29 is 19.5 Å². The van der Waals surface area contributed by atoms with E-state index in [-0.39, 0.29) is 25.4 Å². The Balaban J connectivity index is 1.74. The van der Waals surface area contributed by atoms with E-state index in [0.29, 0.717) is 23.7 Å². The van der Waals surface area contributed by atoms with Gasteiger partial charge in [-0.05, 0) is 48.1 Å². The summed E-state index contributed by atoms with van der Waals surface area (Å²) in [7, 11) is 1.99. The lowest BCUT2D eigenvalue weighted by Crippen LogP contribution is -2.41. The number of aliphatic carboxylic acids is 1. The maximum Gasteiger partial charge on any atom is 0.305 e. The zero-order chi connectivity index (χ0) is 24.4. The van der Waals surface area contributed by atoms with E-state index in [1.807, 2.05) is 42.3 Å². The minimum atomic E-state index is -1.04. The largest absolute Gasteiger partial charge is 0.481 e. The molecule has 7 heteroatoms. The number of imide groups is 1. The highest BCUT2D eigenvalue weighted by atomic mass is 16.4. The number of fused-ring (bicyclic) bond motifs is 2. The minimum absolute atomic E-state index is 0.00687. The number of benzene rings is 2. The Morgan fingerprint density at radius 3 is 2.62 bits per heavy atom. The van der Waals surface area contributed by atoms with Gasteiger partial charge in [0.25, 0.3) is 5.91 Å². The van der Waals surface area contributed by atoms with Crippen LogP contribution in [0.3, 0.4) is 0 Å². The number of carboxylic acids is 1. The Bertz CT molecular complexity index is 1240. The van der Waals surface area contributed by atoms with E-state index < -0.39 is 11.9 Å². The van der Waals surface area contributed by atoms with Gasteiger partial charge >= 0.3 is 5.97 Å². The number of rotatable bonds is 8. The first-order valence-electron chi connectivity index (χ1n) is 11.7. The third-order valence-electron chi connectivity index (χ3n) is 6.40. The Morgan fingerprint density at radius 2 is 1.88 bits per heavy atom. The Hall–Kier alpha value is -3.61. The van der Waals surface area contributed by atoms with E-state index >= 15 is 0 Å². The highest BCUT2D eigenvalue weighted by Crippen LogP contribution is 2.31. The number of carbonyl (C=O) groups excluding carboxylic acids is 2. The molecule has 1 aliphatic heterocycles. The molecule has 3 aromatic rings. The van der Waals surface area contributed by atoms with Crippen molar-refractivity contribution in [3.8, 4) is 0 Å². The number of hydrogen-bond acceptors (Lipinski definition) is 4. The third-order valence-corrected chi connectivity index (χ3v) is 6.40. The third kappa shape index (κ3) is 4.83. The molecule has 7 nitrogen and oxygen atoms in total. The van der Waals surface area contributed by atoms with Gasteiger partial charge in [0.15, 0.2) is 0 Å². The van der Waals surface area contributed by atoms with Gasteiger partial charge in [-0.2, -0.15) is 0 Å². The molecule has 34 heavy (non-hydrogen) atoms. The highest BCUT2D eigenvalue weighted by molar-refractivity contribution is 6.11. The number of amides is 2. The number of carbonyl (C=O) groups is 3. The number of nitrogens with zero attached hydrogens (tertiary/aromatic N) is 3. The molecule has 0 aliphatic carbocycles.